The van der Waals surface area contributed by atoms with Crippen LogP contribution >= 0.6 is 0 Å². The fourth-order valence-electron chi connectivity index (χ4n) is 1.98. The van der Waals surface area contributed by atoms with Crippen molar-refractivity contribution in [3.63, 3.8) is 0 Å². The Hall–Kier alpha value is -1.29. The van der Waals surface area contributed by atoms with E-state index >= 15 is 0 Å². The molecule has 0 aliphatic rings. The van der Waals surface area contributed by atoms with Gasteiger partial charge in [0.1, 0.15) is 11.5 Å². The highest BCUT2D eigenvalue weighted by atomic mass is 16.3. The zero-order chi connectivity index (χ0) is 14.4. The van der Waals surface area contributed by atoms with Crippen LogP contribution in [0.4, 0.5) is 0 Å². The number of nitrogens with one attached hydrogen (secondary N) is 1. The SMILES string of the molecule is CCNCC(C)C(=O)N(Cc1ccc(C)o1)C(C)C. The second kappa shape index (κ2) is 7.34. The lowest BCUT2D eigenvalue weighted by Gasteiger charge is -2.28. The average Bonchev–Trinajstić information content (AvgIpc) is 2.77. The first-order valence-corrected chi connectivity index (χ1v) is 7.02. The number of aryl methyl sites for hydroxylation is 1. The van der Waals surface area contributed by atoms with Crippen LogP contribution in [0.1, 0.15) is 39.2 Å². The van der Waals surface area contributed by atoms with Gasteiger partial charge in [0.25, 0.3) is 0 Å². The summed E-state index contributed by atoms with van der Waals surface area (Å²) in [5.74, 6) is 1.88. The average molecular weight is 266 g/mol. The van der Waals surface area contributed by atoms with E-state index < -0.39 is 0 Å². The van der Waals surface area contributed by atoms with E-state index in [1.54, 1.807) is 0 Å². The summed E-state index contributed by atoms with van der Waals surface area (Å²) in [5.41, 5.74) is 0. The molecule has 0 aliphatic carbocycles. The Balaban J connectivity index is 2.68. The van der Waals surface area contributed by atoms with Gasteiger partial charge in [-0.3, -0.25) is 4.79 Å². The van der Waals surface area contributed by atoms with Gasteiger partial charge in [-0.1, -0.05) is 13.8 Å². The highest BCUT2D eigenvalue weighted by Gasteiger charge is 2.23. The van der Waals surface area contributed by atoms with E-state index in [9.17, 15) is 4.79 Å². The Bertz CT molecular complexity index is 399. The standard InChI is InChI=1S/C15H26N2O2/c1-6-16-9-12(4)15(18)17(11(2)3)10-14-8-7-13(5)19-14/h7-8,11-12,16H,6,9-10H2,1-5H3. The predicted octanol–water partition coefficient (Wildman–Crippen LogP) is 2.57. The van der Waals surface area contributed by atoms with Crippen LogP contribution in [0, 0.1) is 12.8 Å². The Kier molecular flexibility index (Phi) is 6.09. The van der Waals surface area contributed by atoms with Crippen LogP contribution in [0.15, 0.2) is 16.5 Å². The minimum atomic E-state index is -0.0154. The first-order chi connectivity index (χ1) is 8.95. The molecular formula is C15H26N2O2. The smallest absolute Gasteiger partial charge is 0.227 e. The molecule has 1 unspecified atom stereocenters. The highest BCUT2D eigenvalue weighted by Crippen LogP contribution is 2.14. The first-order valence-electron chi connectivity index (χ1n) is 7.02. The molecule has 0 spiro atoms. The second-order valence-corrected chi connectivity index (χ2v) is 5.28. The number of hydrogen-bond acceptors (Lipinski definition) is 3. The summed E-state index contributed by atoms with van der Waals surface area (Å²) in [6.45, 7) is 12.1. The summed E-state index contributed by atoms with van der Waals surface area (Å²) in [7, 11) is 0. The Morgan fingerprint density at radius 3 is 2.53 bits per heavy atom. The molecule has 1 amide bonds. The van der Waals surface area contributed by atoms with Crippen molar-refractivity contribution >= 4 is 5.91 Å². The summed E-state index contributed by atoms with van der Waals surface area (Å²) >= 11 is 0. The van der Waals surface area contributed by atoms with Crippen LogP contribution in [-0.2, 0) is 11.3 Å². The molecule has 19 heavy (non-hydrogen) atoms. The largest absolute Gasteiger partial charge is 0.464 e. The van der Waals surface area contributed by atoms with Gasteiger partial charge in [-0.25, -0.2) is 0 Å². The van der Waals surface area contributed by atoms with Crippen LogP contribution in [0.25, 0.3) is 0 Å². The number of hydrogen-bond donors (Lipinski definition) is 1. The lowest BCUT2D eigenvalue weighted by molar-refractivity contribution is -0.137. The van der Waals surface area contributed by atoms with Crippen molar-refractivity contribution in [2.24, 2.45) is 5.92 Å². The zero-order valence-corrected chi connectivity index (χ0v) is 12.7. The van der Waals surface area contributed by atoms with Crippen molar-refractivity contribution in [2.45, 2.75) is 47.2 Å². The van der Waals surface area contributed by atoms with E-state index in [1.807, 2.05) is 51.7 Å². The highest BCUT2D eigenvalue weighted by molar-refractivity contribution is 5.79. The molecule has 108 valence electrons. The van der Waals surface area contributed by atoms with Gasteiger partial charge in [-0.05, 0) is 39.4 Å². The summed E-state index contributed by atoms with van der Waals surface area (Å²) < 4.78 is 5.57. The monoisotopic (exact) mass is 266 g/mol. The maximum Gasteiger partial charge on any atom is 0.227 e. The van der Waals surface area contributed by atoms with Gasteiger partial charge >= 0.3 is 0 Å². The molecule has 1 aromatic rings. The van der Waals surface area contributed by atoms with Gasteiger partial charge < -0.3 is 14.6 Å². The van der Waals surface area contributed by atoms with E-state index in [2.05, 4.69) is 5.32 Å². The van der Waals surface area contributed by atoms with Gasteiger partial charge in [-0.2, -0.15) is 0 Å². The van der Waals surface area contributed by atoms with E-state index in [-0.39, 0.29) is 17.9 Å². The summed E-state index contributed by atoms with van der Waals surface area (Å²) in [6, 6.07) is 4.04. The minimum Gasteiger partial charge on any atom is -0.464 e. The molecular weight excluding hydrogens is 240 g/mol. The fourth-order valence-corrected chi connectivity index (χ4v) is 1.98. The molecule has 4 heteroatoms. The molecule has 1 aromatic heterocycles. The van der Waals surface area contributed by atoms with Gasteiger partial charge in [0.15, 0.2) is 0 Å². The minimum absolute atomic E-state index is 0.0154. The first kappa shape index (κ1) is 15.8. The normalized spacial score (nSPS) is 12.7. The fraction of sp³-hybridized carbons (Fsp3) is 0.667. The molecule has 0 fully saturated rings. The molecule has 1 N–H and O–H groups in total. The van der Waals surface area contributed by atoms with E-state index in [4.69, 9.17) is 4.42 Å². The van der Waals surface area contributed by atoms with Crippen molar-refractivity contribution in [1.29, 1.82) is 0 Å². The number of nitrogens with zero attached hydrogens (tertiary/aromatic N) is 1. The molecule has 1 rings (SSSR count). The molecule has 0 radical (unpaired) electrons. The van der Waals surface area contributed by atoms with Gasteiger partial charge in [-0.15, -0.1) is 0 Å². The van der Waals surface area contributed by atoms with Crippen LogP contribution in [0.3, 0.4) is 0 Å². The number of carbonyl (C=O) groups is 1. The number of amides is 1. The van der Waals surface area contributed by atoms with Crippen molar-refractivity contribution in [1.82, 2.24) is 10.2 Å². The third kappa shape index (κ3) is 4.71. The maximum atomic E-state index is 12.4. The molecule has 4 nitrogen and oxygen atoms in total. The van der Waals surface area contributed by atoms with Crippen LogP contribution in [-0.4, -0.2) is 29.9 Å². The lowest BCUT2D eigenvalue weighted by Crippen LogP contribution is -2.42. The van der Waals surface area contributed by atoms with Crippen molar-refractivity contribution in [3.8, 4) is 0 Å². The Morgan fingerprint density at radius 1 is 1.37 bits per heavy atom. The van der Waals surface area contributed by atoms with E-state index in [0.717, 1.165) is 24.6 Å². The topological polar surface area (TPSA) is 45.5 Å². The Labute approximate surface area is 116 Å². The molecule has 0 saturated carbocycles. The number of furan rings is 1. The maximum absolute atomic E-state index is 12.4. The Morgan fingerprint density at radius 2 is 2.05 bits per heavy atom. The lowest BCUT2D eigenvalue weighted by atomic mass is 10.1. The number of carbonyl (C=O) groups excluding carboxylic acids is 1. The van der Waals surface area contributed by atoms with Gasteiger partial charge in [0.2, 0.25) is 5.91 Å². The zero-order valence-electron chi connectivity index (χ0n) is 12.7. The molecule has 0 aromatic carbocycles. The van der Waals surface area contributed by atoms with Gasteiger partial charge in [0, 0.05) is 18.5 Å². The predicted molar refractivity (Wildman–Crippen MR) is 76.8 cm³/mol. The van der Waals surface area contributed by atoms with E-state index in [1.165, 1.54) is 0 Å². The van der Waals surface area contributed by atoms with Crippen molar-refractivity contribution in [3.05, 3.63) is 23.7 Å². The van der Waals surface area contributed by atoms with Crippen LogP contribution < -0.4 is 5.32 Å². The molecule has 0 bridgehead atoms. The quantitative estimate of drug-likeness (QED) is 0.825. The third-order valence-corrected chi connectivity index (χ3v) is 3.15. The number of rotatable bonds is 7. The molecule has 1 heterocycles. The van der Waals surface area contributed by atoms with Crippen molar-refractivity contribution in [2.75, 3.05) is 13.1 Å². The molecule has 1 atom stereocenters. The van der Waals surface area contributed by atoms with Crippen LogP contribution in [0.5, 0.6) is 0 Å². The van der Waals surface area contributed by atoms with Gasteiger partial charge in [0.05, 0.1) is 6.54 Å². The molecule has 0 saturated heterocycles. The summed E-state index contributed by atoms with van der Waals surface area (Å²) in [5, 5.41) is 3.22. The summed E-state index contributed by atoms with van der Waals surface area (Å²) in [4.78, 5) is 14.3. The molecule has 0 aliphatic heterocycles. The van der Waals surface area contributed by atoms with Crippen molar-refractivity contribution < 1.29 is 9.21 Å². The third-order valence-electron chi connectivity index (χ3n) is 3.15. The van der Waals surface area contributed by atoms with Crippen LogP contribution in [0.2, 0.25) is 0 Å². The van der Waals surface area contributed by atoms with E-state index in [0.29, 0.717) is 6.54 Å². The second-order valence-electron chi connectivity index (χ2n) is 5.28. The summed E-state index contributed by atoms with van der Waals surface area (Å²) in [6.07, 6.45) is 0.